The average molecular weight is 411 g/mol. The van der Waals surface area contributed by atoms with Crippen LogP contribution in [0.1, 0.15) is 38.6 Å². The molecule has 0 spiro atoms. The minimum Gasteiger partial charge on any atom is -0.491 e. The highest BCUT2D eigenvalue weighted by atomic mass is 19.4. The predicted molar refractivity (Wildman–Crippen MR) is 102 cm³/mol. The largest absolute Gasteiger partial charge is 0.491 e. The molecular weight excluding hydrogens is 387 g/mol. The van der Waals surface area contributed by atoms with Crippen LogP contribution >= 0.6 is 0 Å². The van der Waals surface area contributed by atoms with E-state index >= 15 is 0 Å². The number of halogens is 3. The number of aromatic nitrogens is 2. The lowest BCUT2D eigenvalue weighted by Crippen LogP contribution is -2.50. The standard InChI is InChI=1S/C20H24F3N3O3/c1-12(2)10-19(4,26-18(27)28)11-29-16-6-5-14(9-13(16)3)15-7-8-24-17(25-15)20(21,22)23/h5-9,12,26H,10-11H2,1-4H3,(H,27,28). The molecule has 1 aromatic heterocycles. The van der Waals surface area contributed by atoms with E-state index in [9.17, 15) is 18.0 Å². The van der Waals surface area contributed by atoms with Crippen molar-refractivity contribution in [2.45, 2.75) is 45.8 Å². The van der Waals surface area contributed by atoms with Gasteiger partial charge in [-0.15, -0.1) is 0 Å². The molecule has 6 nitrogen and oxygen atoms in total. The first-order valence-corrected chi connectivity index (χ1v) is 9.05. The number of ether oxygens (including phenoxy) is 1. The van der Waals surface area contributed by atoms with Crippen molar-refractivity contribution >= 4 is 6.09 Å². The molecule has 0 aliphatic heterocycles. The number of rotatable bonds is 7. The van der Waals surface area contributed by atoms with Gasteiger partial charge in [0.25, 0.3) is 0 Å². The van der Waals surface area contributed by atoms with Gasteiger partial charge in [0.15, 0.2) is 0 Å². The molecule has 0 radical (unpaired) electrons. The van der Waals surface area contributed by atoms with Crippen molar-refractivity contribution in [1.82, 2.24) is 15.3 Å². The van der Waals surface area contributed by atoms with Gasteiger partial charge in [0.2, 0.25) is 5.82 Å². The fourth-order valence-electron chi connectivity index (χ4n) is 3.17. The SMILES string of the molecule is Cc1cc(-c2ccnc(C(F)(F)F)n2)ccc1OCC(C)(CC(C)C)NC(=O)O. The Morgan fingerprint density at radius 1 is 1.28 bits per heavy atom. The molecule has 1 atom stereocenters. The number of hydrogen-bond acceptors (Lipinski definition) is 4. The zero-order valence-corrected chi connectivity index (χ0v) is 16.7. The lowest BCUT2D eigenvalue weighted by molar-refractivity contribution is -0.144. The van der Waals surface area contributed by atoms with Crippen LogP contribution in [0.5, 0.6) is 5.75 Å². The van der Waals surface area contributed by atoms with Gasteiger partial charge >= 0.3 is 12.3 Å². The normalized spacial score (nSPS) is 13.8. The molecule has 1 aromatic carbocycles. The van der Waals surface area contributed by atoms with E-state index in [0.29, 0.717) is 23.3 Å². The second-order valence-electron chi connectivity index (χ2n) is 7.62. The highest BCUT2D eigenvalue weighted by molar-refractivity contribution is 5.65. The van der Waals surface area contributed by atoms with E-state index in [1.165, 1.54) is 6.07 Å². The summed E-state index contributed by atoms with van der Waals surface area (Å²) in [5, 5.41) is 11.6. The summed E-state index contributed by atoms with van der Waals surface area (Å²) >= 11 is 0. The summed E-state index contributed by atoms with van der Waals surface area (Å²) in [7, 11) is 0. The molecule has 29 heavy (non-hydrogen) atoms. The quantitative estimate of drug-likeness (QED) is 0.675. The zero-order valence-electron chi connectivity index (χ0n) is 16.7. The van der Waals surface area contributed by atoms with Crippen molar-refractivity contribution in [1.29, 1.82) is 0 Å². The summed E-state index contributed by atoms with van der Waals surface area (Å²) in [5.74, 6) is -0.433. The molecule has 2 N–H and O–H groups in total. The van der Waals surface area contributed by atoms with Gasteiger partial charge in [-0.25, -0.2) is 14.8 Å². The summed E-state index contributed by atoms with van der Waals surface area (Å²) in [6.45, 7) is 7.61. The number of amides is 1. The molecule has 2 rings (SSSR count). The molecule has 1 amide bonds. The Morgan fingerprint density at radius 3 is 2.52 bits per heavy atom. The van der Waals surface area contributed by atoms with Crippen LogP contribution in [-0.4, -0.2) is 33.3 Å². The van der Waals surface area contributed by atoms with Crippen LogP contribution in [-0.2, 0) is 6.18 Å². The van der Waals surface area contributed by atoms with Gasteiger partial charge in [-0.1, -0.05) is 13.8 Å². The monoisotopic (exact) mass is 411 g/mol. The maximum atomic E-state index is 12.8. The fraction of sp³-hybridized carbons (Fsp3) is 0.450. The number of nitrogens with one attached hydrogen (secondary N) is 1. The molecule has 1 unspecified atom stereocenters. The Labute approximate surface area is 167 Å². The van der Waals surface area contributed by atoms with Gasteiger partial charge in [0.05, 0.1) is 11.2 Å². The first-order valence-electron chi connectivity index (χ1n) is 9.05. The maximum absolute atomic E-state index is 12.8. The van der Waals surface area contributed by atoms with Crippen LogP contribution in [0.25, 0.3) is 11.3 Å². The molecular formula is C20H24F3N3O3. The molecule has 158 valence electrons. The summed E-state index contributed by atoms with van der Waals surface area (Å²) in [4.78, 5) is 18.0. The minimum atomic E-state index is -4.62. The van der Waals surface area contributed by atoms with Crippen LogP contribution in [0.3, 0.4) is 0 Å². The van der Waals surface area contributed by atoms with E-state index in [4.69, 9.17) is 9.84 Å². The number of hydrogen-bond donors (Lipinski definition) is 2. The summed E-state index contributed by atoms with van der Waals surface area (Å²) in [5.41, 5.74) is 0.562. The Kier molecular flexibility index (Phi) is 6.71. The molecule has 0 bridgehead atoms. The van der Waals surface area contributed by atoms with Crippen LogP contribution in [0, 0.1) is 12.8 Å². The van der Waals surface area contributed by atoms with Gasteiger partial charge in [-0.2, -0.15) is 13.2 Å². The first-order chi connectivity index (χ1) is 13.4. The van der Waals surface area contributed by atoms with E-state index in [1.54, 1.807) is 32.0 Å². The molecule has 0 saturated carbocycles. The Hall–Kier alpha value is -2.84. The molecule has 0 aliphatic carbocycles. The number of carboxylic acid groups (broad SMARTS) is 1. The lowest BCUT2D eigenvalue weighted by atomic mass is 9.91. The molecule has 0 fully saturated rings. The van der Waals surface area contributed by atoms with Crippen molar-refractivity contribution in [2.24, 2.45) is 5.92 Å². The lowest BCUT2D eigenvalue weighted by Gasteiger charge is -2.31. The second kappa shape index (κ2) is 8.67. The Morgan fingerprint density at radius 2 is 1.97 bits per heavy atom. The highest BCUT2D eigenvalue weighted by Gasteiger charge is 2.34. The van der Waals surface area contributed by atoms with Crippen LogP contribution < -0.4 is 10.1 Å². The van der Waals surface area contributed by atoms with Crippen LogP contribution in [0.15, 0.2) is 30.5 Å². The molecule has 1 heterocycles. The van der Waals surface area contributed by atoms with Crippen molar-refractivity contribution in [3.8, 4) is 17.0 Å². The van der Waals surface area contributed by atoms with Crippen molar-refractivity contribution in [3.63, 3.8) is 0 Å². The van der Waals surface area contributed by atoms with Crippen LogP contribution in [0.2, 0.25) is 0 Å². The number of carbonyl (C=O) groups is 1. The van der Waals surface area contributed by atoms with Crippen molar-refractivity contribution < 1.29 is 27.8 Å². The average Bonchev–Trinajstić information content (AvgIpc) is 2.58. The van der Waals surface area contributed by atoms with Gasteiger partial charge < -0.3 is 15.2 Å². The minimum absolute atomic E-state index is 0.114. The van der Waals surface area contributed by atoms with Crippen molar-refractivity contribution in [2.75, 3.05) is 6.61 Å². The van der Waals surface area contributed by atoms with Crippen LogP contribution in [0.4, 0.5) is 18.0 Å². The molecule has 0 saturated heterocycles. The van der Waals surface area contributed by atoms with Gasteiger partial charge in [-0.3, -0.25) is 0 Å². The smallest absolute Gasteiger partial charge is 0.451 e. The Bertz CT molecular complexity index is 872. The second-order valence-corrected chi connectivity index (χ2v) is 7.62. The first kappa shape index (κ1) is 22.4. The van der Waals surface area contributed by atoms with E-state index < -0.39 is 23.6 Å². The summed E-state index contributed by atoms with van der Waals surface area (Å²) < 4.78 is 44.3. The zero-order chi connectivity index (χ0) is 21.8. The van der Waals surface area contributed by atoms with E-state index in [-0.39, 0.29) is 18.2 Å². The number of nitrogens with zero attached hydrogens (tertiary/aromatic N) is 2. The van der Waals surface area contributed by atoms with E-state index in [1.807, 2.05) is 13.8 Å². The Balaban J connectivity index is 2.20. The van der Waals surface area contributed by atoms with Gasteiger partial charge in [0, 0.05) is 11.8 Å². The fourth-order valence-corrected chi connectivity index (χ4v) is 3.17. The summed E-state index contributed by atoms with van der Waals surface area (Å²) in [6, 6.07) is 6.31. The molecule has 9 heteroatoms. The molecule has 2 aromatic rings. The third-order valence-corrected chi connectivity index (χ3v) is 4.19. The third kappa shape index (κ3) is 6.33. The van der Waals surface area contributed by atoms with Crippen molar-refractivity contribution in [3.05, 3.63) is 41.9 Å². The topological polar surface area (TPSA) is 84.3 Å². The maximum Gasteiger partial charge on any atom is 0.451 e. The number of alkyl halides is 3. The predicted octanol–water partition coefficient (Wildman–Crippen LogP) is 4.92. The van der Waals surface area contributed by atoms with E-state index in [0.717, 1.165) is 6.20 Å². The number of benzene rings is 1. The third-order valence-electron chi connectivity index (χ3n) is 4.19. The van der Waals surface area contributed by atoms with E-state index in [2.05, 4.69) is 15.3 Å². The van der Waals surface area contributed by atoms with Gasteiger partial charge in [-0.05, 0) is 56.0 Å². The van der Waals surface area contributed by atoms with Gasteiger partial charge in [0.1, 0.15) is 12.4 Å². The summed E-state index contributed by atoms with van der Waals surface area (Å²) in [6.07, 6.45) is -4.10. The number of aryl methyl sites for hydroxylation is 1. The highest BCUT2D eigenvalue weighted by Crippen LogP contribution is 2.30. The molecule has 0 aliphatic rings.